The van der Waals surface area contributed by atoms with E-state index in [0.29, 0.717) is 17.8 Å². The Morgan fingerprint density at radius 3 is 2.73 bits per heavy atom. The molecule has 116 valence electrons. The Labute approximate surface area is 126 Å². The standard InChI is InChI=1S/C13H9F4N3OS/c14-5-1-2-6(9(15)3-5)7-4-8(7)11(21)18-13-20-19-12(22-13)10(16)17/h1-3,7-8,10H,4H2,(H,18,20,21)/t7-,8-/m0/s1. The van der Waals surface area contributed by atoms with E-state index in [1.165, 1.54) is 6.07 Å². The number of alkyl halides is 2. The zero-order valence-electron chi connectivity index (χ0n) is 10.9. The lowest BCUT2D eigenvalue weighted by Gasteiger charge is -2.03. The first-order valence-electron chi connectivity index (χ1n) is 6.33. The van der Waals surface area contributed by atoms with Crippen molar-refractivity contribution in [1.29, 1.82) is 0 Å². The first kappa shape index (κ1) is 14.9. The summed E-state index contributed by atoms with van der Waals surface area (Å²) in [5.74, 6) is -2.65. The largest absolute Gasteiger partial charge is 0.300 e. The highest BCUT2D eigenvalue weighted by atomic mass is 32.1. The summed E-state index contributed by atoms with van der Waals surface area (Å²) in [7, 11) is 0. The third-order valence-corrected chi connectivity index (χ3v) is 4.19. The number of rotatable bonds is 4. The molecule has 4 nitrogen and oxygen atoms in total. The summed E-state index contributed by atoms with van der Waals surface area (Å²) in [4.78, 5) is 12.0. The van der Waals surface area contributed by atoms with Crippen molar-refractivity contribution in [3.05, 3.63) is 40.4 Å². The second-order valence-electron chi connectivity index (χ2n) is 4.85. The van der Waals surface area contributed by atoms with Gasteiger partial charge in [-0.3, -0.25) is 4.79 Å². The van der Waals surface area contributed by atoms with Crippen molar-refractivity contribution in [2.75, 3.05) is 5.32 Å². The number of halogens is 4. The molecule has 1 heterocycles. The third kappa shape index (κ3) is 2.94. The van der Waals surface area contributed by atoms with E-state index in [1.54, 1.807) is 0 Å². The normalized spacial score (nSPS) is 20.2. The molecule has 3 rings (SSSR count). The molecule has 2 atom stereocenters. The van der Waals surface area contributed by atoms with Crippen molar-refractivity contribution in [3.8, 4) is 0 Å². The molecule has 1 N–H and O–H groups in total. The Kier molecular flexibility index (Phi) is 3.81. The minimum Gasteiger partial charge on any atom is -0.300 e. The lowest BCUT2D eigenvalue weighted by atomic mass is 10.1. The van der Waals surface area contributed by atoms with Crippen LogP contribution >= 0.6 is 11.3 Å². The van der Waals surface area contributed by atoms with Gasteiger partial charge in [0.25, 0.3) is 6.43 Å². The predicted octanol–water partition coefficient (Wildman–Crippen LogP) is 3.50. The van der Waals surface area contributed by atoms with Crippen LogP contribution in [0, 0.1) is 17.6 Å². The van der Waals surface area contributed by atoms with Gasteiger partial charge in [-0.2, -0.15) is 0 Å². The van der Waals surface area contributed by atoms with Crippen molar-refractivity contribution < 1.29 is 22.4 Å². The molecule has 1 aromatic carbocycles. The molecule has 1 amide bonds. The van der Waals surface area contributed by atoms with Gasteiger partial charge in [-0.1, -0.05) is 17.4 Å². The van der Waals surface area contributed by atoms with E-state index in [-0.39, 0.29) is 16.6 Å². The Morgan fingerprint density at radius 1 is 1.32 bits per heavy atom. The molecule has 2 aromatic rings. The summed E-state index contributed by atoms with van der Waals surface area (Å²) in [6.45, 7) is 0. The summed E-state index contributed by atoms with van der Waals surface area (Å²) in [5.41, 5.74) is 0.270. The summed E-state index contributed by atoms with van der Waals surface area (Å²) in [6, 6.07) is 3.20. The topological polar surface area (TPSA) is 54.9 Å². The molecule has 0 unspecified atom stereocenters. The van der Waals surface area contributed by atoms with Gasteiger partial charge in [-0.05, 0) is 24.0 Å². The number of nitrogens with one attached hydrogen (secondary N) is 1. The van der Waals surface area contributed by atoms with Gasteiger partial charge in [0.15, 0.2) is 5.01 Å². The molecule has 22 heavy (non-hydrogen) atoms. The van der Waals surface area contributed by atoms with Crippen molar-refractivity contribution in [2.24, 2.45) is 5.92 Å². The van der Waals surface area contributed by atoms with Gasteiger partial charge in [-0.15, -0.1) is 10.2 Å². The number of hydrogen-bond acceptors (Lipinski definition) is 4. The number of amides is 1. The number of carbonyl (C=O) groups excluding carboxylic acids is 1. The van der Waals surface area contributed by atoms with Gasteiger partial charge in [0.05, 0.1) is 0 Å². The molecular formula is C13H9F4N3OS. The van der Waals surface area contributed by atoms with E-state index in [2.05, 4.69) is 15.5 Å². The Balaban J connectivity index is 1.65. The summed E-state index contributed by atoms with van der Waals surface area (Å²) >= 11 is 0.589. The monoisotopic (exact) mass is 331 g/mol. The fourth-order valence-corrected chi connectivity index (χ4v) is 2.80. The number of anilines is 1. The van der Waals surface area contributed by atoms with Crippen LogP contribution in [0.25, 0.3) is 0 Å². The maximum absolute atomic E-state index is 13.6. The summed E-state index contributed by atoms with van der Waals surface area (Å²) < 4.78 is 51.2. The summed E-state index contributed by atoms with van der Waals surface area (Å²) in [5, 5.41) is 8.58. The van der Waals surface area contributed by atoms with Crippen LogP contribution < -0.4 is 5.32 Å². The molecule has 1 fully saturated rings. The molecule has 0 saturated heterocycles. The van der Waals surface area contributed by atoms with Crippen LogP contribution in [0.5, 0.6) is 0 Å². The van der Waals surface area contributed by atoms with Gasteiger partial charge in [0.2, 0.25) is 11.0 Å². The average Bonchev–Trinajstić information content (AvgIpc) is 3.10. The fraction of sp³-hybridized carbons (Fsp3) is 0.308. The second kappa shape index (κ2) is 5.64. The number of benzene rings is 1. The van der Waals surface area contributed by atoms with E-state index in [9.17, 15) is 22.4 Å². The molecule has 0 bridgehead atoms. The number of hydrogen-bond donors (Lipinski definition) is 1. The van der Waals surface area contributed by atoms with E-state index < -0.39 is 34.9 Å². The van der Waals surface area contributed by atoms with E-state index in [0.717, 1.165) is 12.1 Å². The lowest BCUT2D eigenvalue weighted by molar-refractivity contribution is -0.117. The van der Waals surface area contributed by atoms with Gasteiger partial charge in [-0.25, -0.2) is 17.6 Å². The van der Waals surface area contributed by atoms with Gasteiger partial charge >= 0.3 is 0 Å². The number of nitrogens with zero attached hydrogens (tertiary/aromatic N) is 2. The second-order valence-corrected chi connectivity index (χ2v) is 5.86. The van der Waals surface area contributed by atoms with Gasteiger partial charge in [0.1, 0.15) is 11.6 Å². The van der Waals surface area contributed by atoms with Crippen LogP contribution in [0.15, 0.2) is 18.2 Å². The van der Waals surface area contributed by atoms with Crippen molar-refractivity contribution in [2.45, 2.75) is 18.8 Å². The highest BCUT2D eigenvalue weighted by Gasteiger charge is 2.45. The van der Waals surface area contributed by atoms with Gasteiger partial charge in [0, 0.05) is 12.0 Å². The molecule has 9 heteroatoms. The molecule has 0 spiro atoms. The van der Waals surface area contributed by atoms with Crippen LogP contribution in [0.3, 0.4) is 0 Å². The third-order valence-electron chi connectivity index (χ3n) is 3.35. The molecular weight excluding hydrogens is 322 g/mol. The first-order valence-corrected chi connectivity index (χ1v) is 7.14. The van der Waals surface area contributed by atoms with Crippen molar-refractivity contribution in [1.82, 2.24) is 10.2 Å². The van der Waals surface area contributed by atoms with Crippen molar-refractivity contribution >= 4 is 22.4 Å². The van der Waals surface area contributed by atoms with Crippen LogP contribution in [0.1, 0.15) is 29.3 Å². The highest BCUT2D eigenvalue weighted by Crippen LogP contribution is 2.49. The number of carbonyl (C=O) groups is 1. The SMILES string of the molecule is O=C(Nc1nnc(C(F)F)s1)[C@H]1C[C@H]1c1ccc(F)cc1F. The van der Waals surface area contributed by atoms with E-state index in [1.807, 2.05) is 0 Å². The molecule has 1 aliphatic rings. The molecule has 0 radical (unpaired) electrons. The Hall–Kier alpha value is -2.03. The summed E-state index contributed by atoms with van der Waals surface area (Å²) in [6.07, 6.45) is -2.33. The quantitative estimate of drug-likeness (QED) is 0.873. The minimum absolute atomic E-state index is 0.0227. The van der Waals surface area contributed by atoms with Crippen LogP contribution in [-0.4, -0.2) is 16.1 Å². The maximum Gasteiger partial charge on any atom is 0.291 e. The zero-order valence-corrected chi connectivity index (χ0v) is 11.7. The average molecular weight is 331 g/mol. The smallest absolute Gasteiger partial charge is 0.291 e. The Morgan fingerprint density at radius 2 is 2.09 bits per heavy atom. The Bertz CT molecular complexity index is 721. The molecule has 1 aromatic heterocycles. The van der Waals surface area contributed by atoms with Crippen LogP contribution in [-0.2, 0) is 4.79 Å². The van der Waals surface area contributed by atoms with Gasteiger partial charge < -0.3 is 5.32 Å². The predicted molar refractivity (Wildman–Crippen MR) is 70.7 cm³/mol. The number of aromatic nitrogens is 2. The lowest BCUT2D eigenvalue weighted by Crippen LogP contribution is -2.14. The first-order chi connectivity index (χ1) is 10.5. The zero-order chi connectivity index (χ0) is 15.9. The maximum atomic E-state index is 13.6. The molecule has 1 saturated carbocycles. The molecule has 0 aliphatic heterocycles. The minimum atomic E-state index is -2.75. The van der Waals surface area contributed by atoms with Crippen LogP contribution in [0.4, 0.5) is 22.7 Å². The van der Waals surface area contributed by atoms with E-state index >= 15 is 0 Å². The van der Waals surface area contributed by atoms with E-state index in [4.69, 9.17) is 0 Å². The highest BCUT2D eigenvalue weighted by molar-refractivity contribution is 7.15. The fourth-order valence-electron chi connectivity index (χ4n) is 2.20. The molecule has 1 aliphatic carbocycles. The van der Waals surface area contributed by atoms with Crippen molar-refractivity contribution in [3.63, 3.8) is 0 Å². The van der Waals surface area contributed by atoms with Crippen LogP contribution in [0.2, 0.25) is 0 Å².